The number of rotatable bonds is 2. The lowest BCUT2D eigenvalue weighted by Gasteiger charge is -2.23. The molecule has 0 bridgehead atoms. The van der Waals surface area contributed by atoms with Crippen LogP contribution in [0.25, 0.3) is 0 Å². The summed E-state index contributed by atoms with van der Waals surface area (Å²) >= 11 is 3.33. The van der Waals surface area contributed by atoms with E-state index in [4.69, 9.17) is 0 Å². The Hall–Kier alpha value is -1.13. The van der Waals surface area contributed by atoms with Crippen LogP contribution in [0.4, 0.5) is 0 Å². The smallest absolute Gasteiger partial charge is 0.255 e. The highest BCUT2D eigenvalue weighted by molar-refractivity contribution is 7.10. The Balaban J connectivity index is 1.85. The molecule has 2 aromatic rings. The van der Waals surface area contributed by atoms with Crippen LogP contribution in [0, 0.1) is 0 Å². The van der Waals surface area contributed by atoms with Crippen molar-refractivity contribution < 1.29 is 4.79 Å². The molecular weight excluding hydrogens is 250 g/mol. The van der Waals surface area contributed by atoms with E-state index in [1.165, 1.54) is 4.88 Å². The second-order valence-corrected chi connectivity index (χ2v) is 5.94. The zero-order valence-corrected chi connectivity index (χ0v) is 11.0. The van der Waals surface area contributed by atoms with Gasteiger partial charge in [-0.2, -0.15) is 11.3 Å². The molecule has 1 fully saturated rings. The minimum Gasteiger partial charge on any atom is -0.331 e. The fourth-order valence-electron chi connectivity index (χ4n) is 2.34. The third-order valence-corrected chi connectivity index (χ3v) is 4.81. The van der Waals surface area contributed by atoms with Crippen molar-refractivity contribution in [1.29, 1.82) is 0 Å². The van der Waals surface area contributed by atoms with E-state index < -0.39 is 0 Å². The highest BCUT2D eigenvalue weighted by Gasteiger charge is 2.31. The van der Waals surface area contributed by atoms with E-state index in [0.29, 0.717) is 6.04 Å². The maximum Gasteiger partial charge on any atom is 0.255 e. The van der Waals surface area contributed by atoms with Gasteiger partial charge >= 0.3 is 0 Å². The minimum atomic E-state index is 0.183. The number of thiophene rings is 2. The Morgan fingerprint density at radius 1 is 1.35 bits per heavy atom. The molecule has 88 valence electrons. The van der Waals surface area contributed by atoms with Gasteiger partial charge in [-0.05, 0) is 35.7 Å². The molecule has 0 saturated carbocycles. The van der Waals surface area contributed by atoms with Gasteiger partial charge in [-0.15, -0.1) is 11.3 Å². The molecule has 3 heterocycles. The van der Waals surface area contributed by atoms with Crippen molar-refractivity contribution in [2.24, 2.45) is 0 Å². The Morgan fingerprint density at radius 3 is 3.00 bits per heavy atom. The lowest BCUT2D eigenvalue weighted by atomic mass is 10.1. The van der Waals surface area contributed by atoms with Crippen LogP contribution in [0.1, 0.15) is 34.1 Å². The van der Waals surface area contributed by atoms with Crippen LogP contribution in [0.2, 0.25) is 0 Å². The molecule has 0 aromatic carbocycles. The van der Waals surface area contributed by atoms with E-state index in [0.717, 1.165) is 24.9 Å². The van der Waals surface area contributed by atoms with Gasteiger partial charge < -0.3 is 4.90 Å². The molecule has 0 N–H and O–H groups in total. The van der Waals surface area contributed by atoms with Gasteiger partial charge in [-0.25, -0.2) is 0 Å². The van der Waals surface area contributed by atoms with E-state index in [-0.39, 0.29) is 5.91 Å². The fraction of sp³-hybridized carbons (Fsp3) is 0.308. The molecule has 4 heteroatoms. The van der Waals surface area contributed by atoms with E-state index in [1.54, 1.807) is 22.7 Å². The zero-order chi connectivity index (χ0) is 11.7. The van der Waals surface area contributed by atoms with Crippen molar-refractivity contribution in [3.63, 3.8) is 0 Å². The molecule has 1 aliphatic rings. The minimum absolute atomic E-state index is 0.183. The lowest BCUT2D eigenvalue weighted by molar-refractivity contribution is 0.0738. The fourth-order valence-corrected chi connectivity index (χ4v) is 3.84. The Kier molecular flexibility index (Phi) is 2.99. The molecule has 0 aliphatic carbocycles. The molecule has 0 radical (unpaired) electrons. The summed E-state index contributed by atoms with van der Waals surface area (Å²) in [5, 5.41) is 5.98. The van der Waals surface area contributed by atoms with Crippen LogP contribution in [0.5, 0.6) is 0 Å². The summed E-state index contributed by atoms with van der Waals surface area (Å²) < 4.78 is 0. The average Bonchev–Trinajstić information content (AvgIpc) is 3.09. The summed E-state index contributed by atoms with van der Waals surface area (Å²) in [6.45, 7) is 0.886. The number of hydrogen-bond donors (Lipinski definition) is 0. The molecule has 17 heavy (non-hydrogen) atoms. The highest BCUT2D eigenvalue weighted by Crippen LogP contribution is 2.35. The predicted octanol–water partition coefficient (Wildman–Crippen LogP) is 3.79. The molecule has 1 saturated heterocycles. The van der Waals surface area contributed by atoms with Crippen LogP contribution in [-0.2, 0) is 0 Å². The Bertz CT molecular complexity index is 489. The monoisotopic (exact) mass is 263 g/mol. The number of hydrogen-bond acceptors (Lipinski definition) is 3. The Labute approximate surface area is 109 Å². The number of likely N-dealkylation sites (tertiary alicyclic amines) is 1. The molecule has 1 amide bonds. The molecule has 1 aliphatic heterocycles. The van der Waals surface area contributed by atoms with E-state index in [9.17, 15) is 4.79 Å². The van der Waals surface area contributed by atoms with Crippen LogP contribution >= 0.6 is 22.7 Å². The molecule has 2 aromatic heterocycles. The normalized spacial score (nSPS) is 19.8. The predicted molar refractivity (Wildman–Crippen MR) is 71.6 cm³/mol. The van der Waals surface area contributed by atoms with Crippen molar-refractivity contribution in [2.75, 3.05) is 6.54 Å². The first kappa shape index (κ1) is 11.0. The summed E-state index contributed by atoms with van der Waals surface area (Å²) in [5.74, 6) is 0.183. The van der Waals surface area contributed by atoms with Gasteiger partial charge in [0.25, 0.3) is 5.91 Å². The zero-order valence-electron chi connectivity index (χ0n) is 9.33. The summed E-state index contributed by atoms with van der Waals surface area (Å²) in [5.41, 5.74) is 0.832. The summed E-state index contributed by atoms with van der Waals surface area (Å²) in [7, 11) is 0. The van der Waals surface area contributed by atoms with Crippen molar-refractivity contribution in [3.8, 4) is 0 Å². The first-order valence-corrected chi connectivity index (χ1v) is 7.55. The number of carbonyl (C=O) groups excluding carboxylic acids is 1. The first-order chi connectivity index (χ1) is 8.36. The van der Waals surface area contributed by atoms with Crippen molar-refractivity contribution in [2.45, 2.75) is 18.9 Å². The van der Waals surface area contributed by atoms with Crippen LogP contribution < -0.4 is 0 Å². The topological polar surface area (TPSA) is 20.3 Å². The second-order valence-electron chi connectivity index (χ2n) is 4.18. The quantitative estimate of drug-likeness (QED) is 0.807. The van der Waals surface area contributed by atoms with Crippen molar-refractivity contribution in [1.82, 2.24) is 4.90 Å². The largest absolute Gasteiger partial charge is 0.331 e. The van der Waals surface area contributed by atoms with E-state index >= 15 is 0 Å². The molecule has 3 rings (SSSR count). The van der Waals surface area contributed by atoms with Gasteiger partial charge in [-0.3, -0.25) is 4.79 Å². The van der Waals surface area contributed by atoms with Gasteiger partial charge in [0.05, 0.1) is 11.6 Å². The maximum absolute atomic E-state index is 12.4. The maximum atomic E-state index is 12.4. The van der Waals surface area contributed by atoms with Gasteiger partial charge in [0.1, 0.15) is 0 Å². The van der Waals surface area contributed by atoms with Gasteiger partial charge in [-0.1, -0.05) is 6.07 Å². The van der Waals surface area contributed by atoms with Crippen LogP contribution in [0.15, 0.2) is 34.3 Å². The molecule has 0 spiro atoms. The highest BCUT2D eigenvalue weighted by atomic mass is 32.1. The number of nitrogens with zero attached hydrogens (tertiary/aromatic N) is 1. The molecule has 2 nitrogen and oxygen atoms in total. The number of amides is 1. The standard InChI is InChI=1S/C13H13NOS2/c15-13(10-5-8-16-9-10)14-6-1-3-11(14)12-4-2-7-17-12/h2,4-5,7-9,11H,1,3,6H2. The van der Waals surface area contributed by atoms with E-state index in [2.05, 4.69) is 17.5 Å². The lowest BCUT2D eigenvalue weighted by Crippen LogP contribution is -2.29. The van der Waals surface area contributed by atoms with Gasteiger partial charge in [0, 0.05) is 16.8 Å². The van der Waals surface area contributed by atoms with E-state index in [1.807, 2.05) is 21.7 Å². The van der Waals surface area contributed by atoms with Crippen LogP contribution in [0.3, 0.4) is 0 Å². The third-order valence-electron chi connectivity index (χ3n) is 3.15. The summed E-state index contributed by atoms with van der Waals surface area (Å²) in [6.07, 6.45) is 2.20. The summed E-state index contributed by atoms with van der Waals surface area (Å²) in [4.78, 5) is 15.7. The Morgan fingerprint density at radius 2 is 2.29 bits per heavy atom. The summed E-state index contributed by atoms with van der Waals surface area (Å²) in [6, 6.07) is 6.40. The van der Waals surface area contributed by atoms with Crippen LogP contribution in [-0.4, -0.2) is 17.4 Å². The SMILES string of the molecule is O=C(c1ccsc1)N1CCCC1c1cccs1. The first-order valence-electron chi connectivity index (χ1n) is 5.73. The van der Waals surface area contributed by atoms with Crippen molar-refractivity contribution in [3.05, 3.63) is 44.8 Å². The van der Waals surface area contributed by atoms with Crippen molar-refractivity contribution >= 4 is 28.6 Å². The van der Waals surface area contributed by atoms with Gasteiger partial charge in [0.2, 0.25) is 0 Å². The molecule has 1 atom stereocenters. The molecule has 1 unspecified atom stereocenters. The molecular formula is C13H13NOS2. The number of carbonyl (C=O) groups is 1. The third kappa shape index (κ3) is 2.03. The van der Waals surface area contributed by atoms with Gasteiger partial charge in [0.15, 0.2) is 0 Å². The average molecular weight is 263 g/mol. The second kappa shape index (κ2) is 4.63.